The summed E-state index contributed by atoms with van der Waals surface area (Å²) in [6, 6.07) is 4.30. The van der Waals surface area contributed by atoms with Crippen LogP contribution in [0.4, 0.5) is 19.3 Å². The first kappa shape index (κ1) is 10.7. The molecule has 1 aromatic rings. The van der Waals surface area contributed by atoms with Crippen molar-refractivity contribution in [3.05, 3.63) is 23.8 Å². The summed E-state index contributed by atoms with van der Waals surface area (Å²) in [7, 11) is 1.22. The van der Waals surface area contributed by atoms with Crippen molar-refractivity contribution in [2.75, 3.05) is 12.4 Å². The first-order valence-corrected chi connectivity index (χ1v) is 4.55. The summed E-state index contributed by atoms with van der Waals surface area (Å²) in [6.07, 6.45) is -4.30. The van der Waals surface area contributed by atoms with Gasteiger partial charge in [0.2, 0.25) is 0 Å². The highest BCUT2D eigenvalue weighted by molar-refractivity contribution is 5.84. The molecule has 1 amide bonds. The maximum Gasteiger partial charge on any atom is 0.411 e. The Balaban J connectivity index is 2.19. The molecule has 0 fully saturated rings. The Hall–Kier alpha value is -1.85. The van der Waals surface area contributed by atoms with E-state index in [1.54, 1.807) is 0 Å². The quantitative estimate of drug-likeness (QED) is 0.804. The lowest BCUT2D eigenvalue weighted by atomic mass is 10.1. The molecule has 0 saturated carbocycles. The molecule has 0 aliphatic carbocycles. The van der Waals surface area contributed by atoms with E-state index < -0.39 is 18.6 Å². The average molecular weight is 229 g/mol. The maximum atomic E-state index is 12.9. The van der Waals surface area contributed by atoms with E-state index in [9.17, 15) is 13.6 Å². The Labute approximate surface area is 90.2 Å². The van der Waals surface area contributed by atoms with E-state index in [0.29, 0.717) is 11.3 Å². The number of nitrogens with one attached hydrogen (secondary N) is 1. The average Bonchev–Trinajstić information content (AvgIpc) is 2.51. The van der Waals surface area contributed by atoms with Crippen LogP contribution in [0, 0.1) is 0 Å². The van der Waals surface area contributed by atoms with Gasteiger partial charge >= 0.3 is 12.2 Å². The molecule has 0 bridgehead atoms. The number of carbonyl (C=O) groups excluding carboxylic acids is 1. The number of carbonyl (C=O) groups is 1. The van der Waals surface area contributed by atoms with E-state index in [1.807, 2.05) is 0 Å². The van der Waals surface area contributed by atoms with E-state index in [1.165, 1.54) is 25.3 Å². The molecule has 1 N–H and O–H groups in total. The lowest BCUT2D eigenvalue weighted by molar-refractivity contribution is -0.159. The normalized spacial score (nSPS) is 16.2. The van der Waals surface area contributed by atoms with Gasteiger partial charge in [0, 0.05) is 11.3 Å². The minimum absolute atomic E-state index is 0.139. The number of hydrogen-bond donors (Lipinski definition) is 1. The van der Waals surface area contributed by atoms with Crippen LogP contribution in [0.3, 0.4) is 0 Å². The third-order valence-corrected chi connectivity index (χ3v) is 2.15. The molecule has 16 heavy (non-hydrogen) atoms. The van der Waals surface area contributed by atoms with Crippen molar-refractivity contribution in [3.8, 4) is 5.75 Å². The topological polar surface area (TPSA) is 47.6 Å². The predicted octanol–water partition coefficient (Wildman–Crippen LogP) is 2.39. The molecular formula is C10H9F2NO3. The Bertz CT molecular complexity index is 434. The molecule has 1 aliphatic rings. The highest BCUT2D eigenvalue weighted by atomic mass is 19.3. The predicted molar refractivity (Wildman–Crippen MR) is 51.7 cm³/mol. The van der Waals surface area contributed by atoms with Crippen LogP contribution >= 0.6 is 0 Å². The van der Waals surface area contributed by atoms with E-state index in [0.717, 1.165) is 0 Å². The first-order chi connectivity index (χ1) is 7.50. The molecule has 0 saturated heterocycles. The lowest BCUT2D eigenvalue weighted by Crippen LogP contribution is -2.20. The van der Waals surface area contributed by atoms with Gasteiger partial charge in [-0.3, -0.25) is 5.32 Å². The summed E-state index contributed by atoms with van der Waals surface area (Å²) >= 11 is 0. The number of rotatable bonds is 1. The number of methoxy groups -OCH3 is 1. The largest absolute Gasteiger partial charge is 0.453 e. The van der Waals surface area contributed by atoms with Crippen LogP contribution in [0.5, 0.6) is 5.75 Å². The highest BCUT2D eigenvalue weighted by Gasteiger charge is 2.39. The summed E-state index contributed by atoms with van der Waals surface area (Å²) < 4.78 is 34.5. The highest BCUT2D eigenvalue weighted by Crippen LogP contribution is 2.38. The smallest absolute Gasteiger partial charge is 0.411 e. The maximum absolute atomic E-state index is 12.9. The number of alkyl halides is 2. The molecular weight excluding hydrogens is 220 g/mol. The molecule has 1 heterocycles. The summed E-state index contributed by atoms with van der Waals surface area (Å²) in [5.41, 5.74) is 0.755. The molecule has 1 aromatic carbocycles. The van der Waals surface area contributed by atoms with Gasteiger partial charge in [-0.2, -0.15) is 8.78 Å². The Morgan fingerprint density at radius 2 is 2.31 bits per heavy atom. The molecule has 0 spiro atoms. The zero-order valence-electron chi connectivity index (χ0n) is 8.42. The van der Waals surface area contributed by atoms with Gasteiger partial charge in [-0.05, 0) is 18.2 Å². The Morgan fingerprint density at radius 3 is 3.00 bits per heavy atom. The summed E-state index contributed by atoms with van der Waals surface area (Å²) in [6.45, 7) is 0. The van der Waals surface area contributed by atoms with Gasteiger partial charge in [-0.1, -0.05) is 0 Å². The van der Waals surface area contributed by atoms with Crippen LogP contribution in [0.15, 0.2) is 18.2 Å². The van der Waals surface area contributed by atoms with Crippen LogP contribution in [0.25, 0.3) is 0 Å². The molecule has 4 nitrogen and oxygen atoms in total. The number of benzene rings is 1. The molecule has 1 aliphatic heterocycles. The van der Waals surface area contributed by atoms with Crippen molar-refractivity contribution in [1.82, 2.24) is 0 Å². The van der Waals surface area contributed by atoms with Crippen LogP contribution in [0.2, 0.25) is 0 Å². The van der Waals surface area contributed by atoms with E-state index in [-0.39, 0.29) is 5.75 Å². The van der Waals surface area contributed by atoms with Gasteiger partial charge < -0.3 is 9.47 Å². The number of fused-ring (bicyclic) bond motifs is 1. The summed E-state index contributed by atoms with van der Waals surface area (Å²) in [4.78, 5) is 10.9. The minimum Gasteiger partial charge on any atom is -0.453 e. The zero-order valence-corrected chi connectivity index (χ0v) is 8.42. The fraction of sp³-hybridized carbons (Fsp3) is 0.300. The van der Waals surface area contributed by atoms with Crippen LogP contribution < -0.4 is 10.1 Å². The van der Waals surface area contributed by atoms with Crippen molar-refractivity contribution < 1.29 is 23.0 Å². The zero-order chi connectivity index (χ0) is 11.8. The molecule has 0 radical (unpaired) electrons. The van der Waals surface area contributed by atoms with Gasteiger partial charge in [0.25, 0.3) is 0 Å². The third-order valence-electron chi connectivity index (χ3n) is 2.15. The van der Waals surface area contributed by atoms with Gasteiger partial charge in [0.1, 0.15) is 5.75 Å². The standard InChI is InChI=1S/C10H9F2NO3/c1-15-9(14)13-7-2-3-8-6(4-7)5-10(11,12)16-8/h2-4H,5H2,1H3,(H,13,14). The van der Waals surface area contributed by atoms with Gasteiger partial charge in [-0.25, -0.2) is 4.79 Å². The van der Waals surface area contributed by atoms with Crippen LogP contribution in [-0.4, -0.2) is 19.3 Å². The molecule has 6 heteroatoms. The first-order valence-electron chi connectivity index (χ1n) is 4.55. The van der Waals surface area contributed by atoms with Crippen molar-refractivity contribution in [2.45, 2.75) is 12.5 Å². The third kappa shape index (κ3) is 2.05. The van der Waals surface area contributed by atoms with Crippen molar-refractivity contribution >= 4 is 11.8 Å². The summed E-state index contributed by atoms with van der Waals surface area (Å²) in [5, 5.41) is 2.39. The fourth-order valence-corrected chi connectivity index (χ4v) is 1.48. The number of ether oxygens (including phenoxy) is 2. The second-order valence-corrected chi connectivity index (χ2v) is 3.36. The van der Waals surface area contributed by atoms with Gasteiger partial charge in [0.05, 0.1) is 13.5 Å². The van der Waals surface area contributed by atoms with Crippen molar-refractivity contribution in [1.29, 1.82) is 0 Å². The van der Waals surface area contributed by atoms with Crippen LogP contribution in [-0.2, 0) is 11.2 Å². The molecule has 2 rings (SSSR count). The SMILES string of the molecule is COC(=O)Nc1ccc2c(c1)CC(F)(F)O2. The molecule has 0 aromatic heterocycles. The monoisotopic (exact) mass is 229 g/mol. The number of halogens is 2. The van der Waals surface area contributed by atoms with Crippen molar-refractivity contribution in [3.63, 3.8) is 0 Å². The van der Waals surface area contributed by atoms with Gasteiger partial charge in [-0.15, -0.1) is 0 Å². The Morgan fingerprint density at radius 1 is 1.56 bits per heavy atom. The molecule has 0 atom stereocenters. The fourth-order valence-electron chi connectivity index (χ4n) is 1.48. The van der Waals surface area contributed by atoms with Crippen LogP contribution in [0.1, 0.15) is 5.56 Å². The number of anilines is 1. The van der Waals surface area contributed by atoms with Crippen molar-refractivity contribution in [2.24, 2.45) is 0 Å². The lowest BCUT2D eigenvalue weighted by Gasteiger charge is -2.06. The number of hydrogen-bond acceptors (Lipinski definition) is 3. The summed E-state index contributed by atoms with van der Waals surface area (Å²) in [5.74, 6) is 0.139. The Kier molecular flexibility index (Phi) is 2.41. The second kappa shape index (κ2) is 3.62. The van der Waals surface area contributed by atoms with E-state index >= 15 is 0 Å². The van der Waals surface area contributed by atoms with Gasteiger partial charge in [0.15, 0.2) is 0 Å². The van der Waals surface area contributed by atoms with E-state index in [2.05, 4.69) is 14.8 Å². The minimum atomic E-state index is -3.16. The second-order valence-electron chi connectivity index (χ2n) is 3.36. The van der Waals surface area contributed by atoms with E-state index in [4.69, 9.17) is 0 Å². The molecule has 86 valence electrons. The molecule has 0 unspecified atom stereocenters. The number of amides is 1.